The highest BCUT2D eigenvalue weighted by molar-refractivity contribution is 5.76. The molecule has 19 heavy (non-hydrogen) atoms. The van der Waals surface area contributed by atoms with Gasteiger partial charge in [-0.05, 0) is 18.4 Å². The Kier molecular flexibility index (Phi) is 7.86. The predicted molar refractivity (Wildman–Crippen MR) is 75.1 cm³/mol. The molecule has 0 heterocycles. The van der Waals surface area contributed by atoms with E-state index >= 15 is 0 Å². The lowest BCUT2D eigenvalue weighted by atomic mass is 10.1. The summed E-state index contributed by atoms with van der Waals surface area (Å²) in [4.78, 5) is 11.8. The summed E-state index contributed by atoms with van der Waals surface area (Å²) in [6.07, 6.45) is 2.01. The van der Waals surface area contributed by atoms with Crippen LogP contribution >= 0.6 is 0 Å². The Labute approximate surface area is 115 Å². The monoisotopic (exact) mass is 265 g/mol. The molecule has 0 saturated heterocycles. The standard InChI is InChI=1S/C15H23NO3/c1-18-10-6-9-15(17)16-14(12-19-2)11-13-7-4-3-5-8-13/h3-5,7-8,14H,6,9-12H2,1-2H3,(H,16,17)/t14-/m1/s1. The molecule has 0 spiro atoms. The lowest BCUT2D eigenvalue weighted by Gasteiger charge is -2.18. The highest BCUT2D eigenvalue weighted by Gasteiger charge is 2.12. The third kappa shape index (κ3) is 6.94. The molecule has 4 heteroatoms. The molecule has 106 valence electrons. The van der Waals surface area contributed by atoms with Gasteiger partial charge in [0.15, 0.2) is 0 Å². The summed E-state index contributed by atoms with van der Waals surface area (Å²) >= 11 is 0. The van der Waals surface area contributed by atoms with Crippen molar-refractivity contribution in [2.75, 3.05) is 27.4 Å². The van der Waals surface area contributed by atoms with Gasteiger partial charge in [0, 0.05) is 27.2 Å². The minimum atomic E-state index is 0.0162. The first-order valence-electron chi connectivity index (χ1n) is 6.57. The number of methoxy groups -OCH3 is 2. The van der Waals surface area contributed by atoms with E-state index in [0.717, 1.165) is 12.8 Å². The number of benzene rings is 1. The topological polar surface area (TPSA) is 47.6 Å². The van der Waals surface area contributed by atoms with Crippen molar-refractivity contribution in [2.45, 2.75) is 25.3 Å². The van der Waals surface area contributed by atoms with Crippen LogP contribution in [0.25, 0.3) is 0 Å². The molecule has 0 aliphatic heterocycles. The summed E-state index contributed by atoms with van der Waals surface area (Å²) in [7, 11) is 3.29. The molecule has 0 unspecified atom stereocenters. The van der Waals surface area contributed by atoms with Crippen molar-refractivity contribution in [3.8, 4) is 0 Å². The molecular formula is C15H23NO3. The van der Waals surface area contributed by atoms with Gasteiger partial charge < -0.3 is 14.8 Å². The molecule has 0 fully saturated rings. The third-order valence-electron chi connectivity index (χ3n) is 2.81. The fourth-order valence-corrected chi connectivity index (χ4v) is 1.93. The quantitative estimate of drug-likeness (QED) is 0.692. The summed E-state index contributed by atoms with van der Waals surface area (Å²) in [5, 5.41) is 3.01. The third-order valence-corrected chi connectivity index (χ3v) is 2.81. The number of carbonyl (C=O) groups excluding carboxylic acids is 1. The number of hydrogen-bond donors (Lipinski definition) is 1. The second-order valence-corrected chi connectivity index (χ2v) is 4.51. The summed E-state index contributed by atoms with van der Waals surface area (Å²) < 4.78 is 10.1. The van der Waals surface area contributed by atoms with Gasteiger partial charge in [0.2, 0.25) is 5.91 Å². The lowest BCUT2D eigenvalue weighted by molar-refractivity contribution is -0.122. The van der Waals surface area contributed by atoms with Gasteiger partial charge in [0.1, 0.15) is 0 Å². The number of ether oxygens (including phenoxy) is 2. The lowest BCUT2D eigenvalue weighted by Crippen LogP contribution is -2.39. The van der Waals surface area contributed by atoms with Gasteiger partial charge in [-0.1, -0.05) is 30.3 Å². The van der Waals surface area contributed by atoms with Crippen LogP contribution in [-0.2, 0) is 20.7 Å². The minimum Gasteiger partial charge on any atom is -0.385 e. The van der Waals surface area contributed by atoms with Crippen molar-refractivity contribution < 1.29 is 14.3 Å². The first-order valence-corrected chi connectivity index (χ1v) is 6.57. The normalized spacial score (nSPS) is 12.1. The number of amides is 1. The van der Waals surface area contributed by atoms with Crippen LogP contribution < -0.4 is 5.32 Å². The van der Waals surface area contributed by atoms with E-state index in [9.17, 15) is 4.79 Å². The van der Waals surface area contributed by atoms with Crippen molar-refractivity contribution in [3.63, 3.8) is 0 Å². The maximum Gasteiger partial charge on any atom is 0.220 e. The van der Waals surface area contributed by atoms with Crippen LogP contribution in [0.5, 0.6) is 0 Å². The Balaban J connectivity index is 2.41. The Morgan fingerprint density at radius 2 is 1.95 bits per heavy atom. The van der Waals surface area contributed by atoms with Gasteiger partial charge in [-0.3, -0.25) is 4.79 Å². The van der Waals surface area contributed by atoms with Gasteiger partial charge in [-0.2, -0.15) is 0 Å². The average Bonchev–Trinajstić information content (AvgIpc) is 2.40. The first kappa shape index (κ1) is 15.7. The van der Waals surface area contributed by atoms with E-state index in [0.29, 0.717) is 19.6 Å². The van der Waals surface area contributed by atoms with Gasteiger partial charge in [-0.15, -0.1) is 0 Å². The average molecular weight is 265 g/mol. The van der Waals surface area contributed by atoms with Crippen LogP contribution in [0.2, 0.25) is 0 Å². The van der Waals surface area contributed by atoms with Crippen LogP contribution in [0, 0.1) is 0 Å². The van der Waals surface area contributed by atoms with Crippen LogP contribution in [-0.4, -0.2) is 39.4 Å². The molecule has 1 aromatic rings. The fourth-order valence-electron chi connectivity index (χ4n) is 1.93. The molecule has 1 N–H and O–H groups in total. The van der Waals surface area contributed by atoms with Gasteiger partial charge in [0.25, 0.3) is 0 Å². The zero-order chi connectivity index (χ0) is 13.9. The second-order valence-electron chi connectivity index (χ2n) is 4.51. The van der Waals surface area contributed by atoms with Crippen molar-refractivity contribution in [2.24, 2.45) is 0 Å². The molecule has 4 nitrogen and oxygen atoms in total. The summed E-state index contributed by atoms with van der Waals surface area (Å²) in [6.45, 7) is 1.13. The molecule has 1 rings (SSSR count). The van der Waals surface area contributed by atoms with Crippen LogP contribution in [0.3, 0.4) is 0 Å². The van der Waals surface area contributed by atoms with Crippen LogP contribution in [0.4, 0.5) is 0 Å². The van der Waals surface area contributed by atoms with Gasteiger partial charge in [0.05, 0.1) is 12.6 Å². The molecule has 0 aromatic heterocycles. The molecule has 1 aromatic carbocycles. The van der Waals surface area contributed by atoms with Crippen molar-refractivity contribution in [1.29, 1.82) is 0 Å². The van der Waals surface area contributed by atoms with Crippen LogP contribution in [0.1, 0.15) is 18.4 Å². The second kappa shape index (κ2) is 9.53. The van der Waals surface area contributed by atoms with Gasteiger partial charge in [-0.25, -0.2) is 0 Å². The Morgan fingerprint density at radius 1 is 1.21 bits per heavy atom. The fraction of sp³-hybridized carbons (Fsp3) is 0.533. The number of nitrogens with one attached hydrogen (secondary N) is 1. The molecule has 0 aliphatic rings. The Bertz CT molecular complexity index is 354. The number of carbonyl (C=O) groups is 1. The smallest absolute Gasteiger partial charge is 0.220 e. The molecule has 0 radical (unpaired) electrons. The number of rotatable bonds is 9. The zero-order valence-electron chi connectivity index (χ0n) is 11.7. The zero-order valence-corrected chi connectivity index (χ0v) is 11.7. The highest BCUT2D eigenvalue weighted by atomic mass is 16.5. The Morgan fingerprint density at radius 3 is 2.58 bits per heavy atom. The summed E-state index contributed by atoms with van der Waals surface area (Å²) in [5.41, 5.74) is 1.20. The summed E-state index contributed by atoms with van der Waals surface area (Å²) in [5.74, 6) is 0.0510. The highest BCUT2D eigenvalue weighted by Crippen LogP contribution is 2.04. The van der Waals surface area contributed by atoms with Gasteiger partial charge >= 0.3 is 0 Å². The summed E-state index contributed by atoms with van der Waals surface area (Å²) in [6, 6.07) is 10.1. The molecule has 1 atom stereocenters. The van der Waals surface area contributed by atoms with Crippen molar-refractivity contribution in [3.05, 3.63) is 35.9 Å². The van der Waals surface area contributed by atoms with E-state index in [1.54, 1.807) is 14.2 Å². The first-order chi connectivity index (χ1) is 9.26. The van der Waals surface area contributed by atoms with E-state index in [1.807, 2.05) is 18.2 Å². The molecule has 0 bridgehead atoms. The largest absolute Gasteiger partial charge is 0.385 e. The van der Waals surface area contributed by atoms with E-state index in [4.69, 9.17) is 9.47 Å². The van der Waals surface area contributed by atoms with Crippen molar-refractivity contribution in [1.82, 2.24) is 5.32 Å². The maximum atomic E-state index is 11.8. The van der Waals surface area contributed by atoms with Crippen molar-refractivity contribution >= 4 is 5.91 Å². The van der Waals surface area contributed by atoms with E-state index < -0.39 is 0 Å². The van der Waals surface area contributed by atoms with E-state index in [-0.39, 0.29) is 11.9 Å². The SMILES string of the molecule is COCCCC(=O)N[C@@H](COC)Cc1ccccc1. The molecule has 0 aliphatic carbocycles. The van der Waals surface area contributed by atoms with Crippen LogP contribution in [0.15, 0.2) is 30.3 Å². The molecule has 0 saturated carbocycles. The molecular weight excluding hydrogens is 242 g/mol. The predicted octanol–water partition coefficient (Wildman–Crippen LogP) is 1.79. The number of hydrogen-bond acceptors (Lipinski definition) is 3. The Hall–Kier alpha value is -1.39. The maximum absolute atomic E-state index is 11.8. The minimum absolute atomic E-state index is 0.0162. The van der Waals surface area contributed by atoms with E-state index in [2.05, 4.69) is 17.4 Å². The van der Waals surface area contributed by atoms with E-state index in [1.165, 1.54) is 5.56 Å². The molecule has 1 amide bonds.